The van der Waals surface area contributed by atoms with Crippen molar-refractivity contribution < 1.29 is 4.79 Å². The van der Waals surface area contributed by atoms with Crippen LogP contribution in [0.4, 0.5) is 5.69 Å². The third-order valence-corrected chi connectivity index (χ3v) is 2.21. The molecule has 0 saturated heterocycles. The summed E-state index contributed by atoms with van der Waals surface area (Å²) in [6, 6.07) is 5.77. The van der Waals surface area contributed by atoms with Gasteiger partial charge in [-0.3, -0.25) is 4.79 Å². The van der Waals surface area contributed by atoms with Gasteiger partial charge in [0, 0.05) is 17.8 Å². The normalized spacial score (nSPS) is 9.93. The lowest BCUT2D eigenvalue weighted by Crippen LogP contribution is -2.03. The van der Waals surface area contributed by atoms with Crippen LogP contribution in [-0.4, -0.2) is 12.3 Å². The second kappa shape index (κ2) is 4.80. The minimum Gasteiger partial charge on any atom is -0.385 e. The highest BCUT2D eigenvalue weighted by Crippen LogP contribution is 2.17. The van der Waals surface area contributed by atoms with E-state index in [-0.39, 0.29) is 5.78 Å². The molecule has 2 nitrogen and oxygen atoms in total. The van der Waals surface area contributed by atoms with Gasteiger partial charge >= 0.3 is 0 Å². The first-order valence-corrected chi connectivity index (χ1v) is 5.00. The monoisotopic (exact) mass is 191 g/mol. The topological polar surface area (TPSA) is 29.1 Å². The van der Waals surface area contributed by atoms with Gasteiger partial charge in [-0.15, -0.1) is 0 Å². The van der Waals surface area contributed by atoms with E-state index in [1.165, 1.54) is 5.56 Å². The first kappa shape index (κ1) is 10.8. The van der Waals surface area contributed by atoms with Gasteiger partial charge in [0.2, 0.25) is 0 Å². The van der Waals surface area contributed by atoms with Crippen LogP contribution < -0.4 is 5.32 Å². The zero-order valence-electron chi connectivity index (χ0n) is 9.05. The molecule has 0 fully saturated rings. The van der Waals surface area contributed by atoms with Crippen LogP contribution in [0.25, 0.3) is 0 Å². The predicted molar refractivity (Wildman–Crippen MR) is 60.0 cm³/mol. The van der Waals surface area contributed by atoms with Crippen molar-refractivity contribution in [3.05, 3.63) is 29.3 Å². The molecule has 14 heavy (non-hydrogen) atoms. The molecule has 1 aromatic rings. The summed E-state index contributed by atoms with van der Waals surface area (Å²) in [6.45, 7) is 6.70. The van der Waals surface area contributed by atoms with E-state index >= 15 is 0 Å². The van der Waals surface area contributed by atoms with Gasteiger partial charge in [0.05, 0.1) is 0 Å². The largest absolute Gasteiger partial charge is 0.385 e. The first-order chi connectivity index (χ1) is 6.65. The second-order valence-corrected chi connectivity index (χ2v) is 3.51. The highest BCUT2D eigenvalue weighted by Gasteiger charge is 2.02. The lowest BCUT2D eigenvalue weighted by Gasteiger charge is -2.09. The summed E-state index contributed by atoms with van der Waals surface area (Å²) >= 11 is 0. The number of benzene rings is 1. The van der Waals surface area contributed by atoms with Crippen LogP contribution >= 0.6 is 0 Å². The maximum Gasteiger partial charge on any atom is 0.159 e. The van der Waals surface area contributed by atoms with Gasteiger partial charge in [0.15, 0.2) is 5.78 Å². The summed E-state index contributed by atoms with van der Waals surface area (Å²) in [7, 11) is 0. The van der Waals surface area contributed by atoms with Crippen LogP contribution in [0.5, 0.6) is 0 Å². The molecule has 0 amide bonds. The Morgan fingerprint density at radius 1 is 1.43 bits per heavy atom. The highest BCUT2D eigenvalue weighted by atomic mass is 16.1. The number of rotatable bonds is 4. The number of hydrogen-bond acceptors (Lipinski definition) is 2. The number of hydrogen-bond donors (Lipinski definition) is 1. The van der Waals surface area contributed by atoms with E-state index in [1.54, 1.807) is 6.92 Å². The molecule has 0 heterocycles. The molecule has 0 spiro atoms. The van der Waals surface area contributed by atoms with Crippen LogP contribution in [0.15, 0.2) is 18.2 Å². The molecule has 1 N–H and O–H groups in total. The van der Waals surface area contributed by atoms with Crippen molar-refractivity contribution in [2.45, 2.75) is 27.2 Å². The van der Waals surface area contributed by atoms with Crippen molar-refractivity contribution in [1.29, 1.82) is 0 Å². The lowest BCUT2D eigenvalue weighted by atomic mass is 10.1. The van der Waals surface area contributed by atoms with E-state index in [0.717, 1.165) is 24.2 Å². The first-order valence-electron chi connectivity index (χ1n) is 5.00. The molecule has 76 valence electrons. The van der Waals surface area contributed by atoms with E-state index < -0.39 is 0 Å². The molecule has 0 aliphatic heterocycles. The van der Waals surface area contributed by atoms with E-state index in [9.17, 15) is 4.79 Å². The molecular formula is C12H17NO. The number of Topliss-reactive ketones (excluding diaryl/α,β-unsaturated/α-hetero) is 1. The molecule has 1 rings (SSSR count). The molecule has 0 aromatic heterocycles. The molecule has 0 aliphatic carbocycles. The van der Waals surface area contributed by atoms with Crippen LogP contribution in [0.2, 0.25) is 0 Å². The fraction of sp³-hybridized carbons (Fsp3) is 0.417. The van der Waals surface area contributed by atoms with Crippen molar-refractivity contribution in [2.75, 3.05) is 11.9 Å². The summed E-state index contributed by atoms with van der Waals surface area (Å²) in [5.41, 5.74) is 3.03. The SMILES string of the molecule is CCCNc1cc(C(C)=O)ccc1C. The molecule has 0 atom stereocenters. The maximum atomic E-state index is 11.2. The van der Waals surface area contributed by atoms with Crippen molar-refractivity contribution in [1.82, 2.24) is 0 Å². The Morgan fingerprint density at radius 2 is 2.14 bits per heavy atom. The summed E-state index contributed by atoms with van der Waals surface area (Å²) < 4.78 is 0. The minimum absolute atomic E-state index is 0.115. The third-order valence-electron chi connectivity index (χ3n) is 2.21. The predicted octanol–water partition coefficient (Wildman–Crippen LogP) is 3.02. The lowest BCUT2D eigenvalue weighted by molar-refractivity contribution is 0.101. The maximum absolute atomic E-state index is 11.2. The van der Waals surface area contributed by atoms with Gasteiger partial charge in [-0.1, -0.05) is 19.1 Å². The number of aryl methyl sites for hydroxylation is 1. The van der Waals surface area contributed by atoms with Gasteiger partial charge in [-0.05, 0) is 31.9 Å². The molecule has 2 heteroatoms. The quantitative estimate of drug-likeness (QED) is 0.741. The molecule has 0 aliphatic rings. The van der Waals surface area contributed by atoms with Gasteiger partial charge in [-0.25, -0.2) is 0 Å². The van der Waals surface area contributed by atoms with E-state index in [0.29, 0.717) is 0 Å². The standard InChI is InChI=1S/C12H17NO/c1-4-7-13-12-8-11(10(3)14)6-5-9(12)2/h5-6,8,13H,4,7H2,1-3H3. The fourth-order valence-electron chi connectivity index (χ4n) is 1.29. The van der Waals surface area contributed by atoms with Crippen molar-refractivity contribution in [3.8, 4) is 0 Å². The van der Waals surface area contributed by atoms with Crippen LogP contribution in [0.3, 0.4) is 0 Å². The third kappa shape index (κ3) is 2.59. The van der Waals surface area contributed by atoms with Gasteiger partial charge in [-0.2, -0.15) is 0 Å². The summed E-state index contributed by atoms with van der Waals surface area (Å²) in [5.74, 6) is 0.115. The number of carbonyl (C=O) groups is 1. The Balaban J connectivity index is 2.90. The van der Waals surface area contributed by atoms with E-state index in [2.05, 4.69) is 12.2 Å². The molecule has 0 unspecified atom stereocenters. The molecule has 0 bridgehead atoms. The Kier molecular flexibility index (Phi) is 3.69. The molecule has 0 saturated carbocycles. The smallest absolute Gasteiger partial charge is 0.159 e. The molecule has 0 radical (unpaired) electrons. The second-order valence-electron chi connectivity index (χ2n) is 3.51. The Morgan fingerprint density at radius 3 is 2.71 bits per heavy atom. The molecular weight excluding hydrogens is 174 g/mol. The van der Waals surface area contributed by atoms with Gasteiger partial charge in [0.1, 0.15) is 0 Å². The van der Waals surface area contributed by atoms with Crippen molar-refractivity contribution in [2.24, 2.45) is 0 Å². The van der Waals surface area contributed by atoms with Crippen molar-refractivity contribution >= 4 is 11.5 Å². The zero-order chi connectivity index (χ0) is 10.6. The Labute approximate surface area is 85.3 Å². The van der Waals surface area contributed by atoms with Crippen molar-refractivity contribution in [3.63, 3.8) is 0 Å². The number of nitrogens with one attached hydrogen (secondary N) is 1. The van der Waals surface area contributed by atoms with E-state index in [1.807, 2.05) is 25.1 Å². The van der Waals surface area contributed by atoms with E-state index in [4.69, 9.17) is 0 Å². The highest BCUT2D eigenvalue weighted by molar-refractivity contribution is 5.95. The number of anilines is 1. The zero-order valence-corrected chi connectivity index (χ0v) is 9.05. The van der Waals surface area contributed by atoms with Gasteiger partial charge in [0.25, 0.3) is 0 Å². The minimum atomic E-state index is 0.115. The molecule has 1 aromatic carbocycles. The average Bonchev–Trinajstić information content (AvgIpc) is 2.16. The Bertz CT molecular complexity index is 331. The fourth-order valence-corrected chi connectivity index (χ4v) is 1.29. The number of carbonyl (C=O) groups excluding carboxylic acids is 1. The Hall–Kier alpha value is -1.31. The summed E-state index contributed by atoms with van der Waals surface area (Å²) in [4.78, 5) is 11.2. The average molecular weight is 191 g/mol. The van der Waals surface area contributed by atoms with Crippen LogP contribution in [0, 0.1) is 6.92 Å². The van der Waals surface area contributed by atoms with Gasteiger partial charge < -0.3 is 5.32 Å². The summed E-state index contributed by atoms with van der Waals surface area (Å²) in [5, 5.41) is 3.31. The van der Waals surface area contributed by atoms with Crippen LogP contribution in [0.1, 0.15) is 36.2 Å². The summed E-state index contributed by atoms with van der Waals surface area (Å²) in [6.07, 6.45) is 1.09. The number of ketones is 1. The van der Waals surface area contributed by atoms with Crippen LogP contribution in [-0.2, 0) is 0 Å².